The van der Waals surface area contributed by atoms with Gasteiger partial charge in [0.25, 0.3) is 0 Å². The van der Waals surface area contributed by atoms with Crippen LogP contribution in [0.25, 0.3) is 0 Å². The monoisotopic (exact) mass is 630 g/mol. The molecule has 0 spiro atoms. The first-order chi connectivity index (χ1) is 6.85. The van der Waals surface area contributed by atoms with Gasteiger partial charge in [0.05, 0.1) is 0 Å². The van der Waals surface area contributed by atoms with Crippen molar-refractivity contribution in [2.75, 3.05) is 0 Å². The Morgan fingerprint density at radius 1 is 1.07 bits per heavy atom. The molecular formula is C7H18O3Sn4. The zero-order valence-corrected chi connectivity index (χ0v) is 30.2. The first-order valence-corrected chi connectivity index (χ1v) is 14.6. The van der Waals surface area contributed by atoms with Gasteiger partial charge in [0.2, 0.25) is 0 Å². The van der Waals surface area contributed by atoms with Gasteiger partial charge >= 0.3 is 139 Å². The molecule has 0 radical (unpaired) electrons. The number of benzene rings is 1. The Hall–Kier alpha value is 2.29. The molecule has 0 aliphatic carbocycles. The fourth-order valence-electron chi connectivity index (χ4n) is 0.817. The van der Waals surface area contributed by atoms with Crippen LogP contribution in [0.2, 0.25) is 0 Å². The van der Waals surface area contributed by atoms with Crippen molar-refractivity contribution < 1.29 is 5.90 Å². The van der Waals surface area contributed by atoms with Crippen molar-refractivity contribution in [2.24, 2.45) is 0 Å². The average Bonchev–Trinajstić information content (AvgIpc) is 2.21. The molecule has 7 heteroatoms. The molecule has 0 fully saturated rings. The van der Waals surface area contributed by atoms with Crippen LogP contribution < -0.4 is 0 Å². The van der Waals surface area contributed by atoms with Crippen molar-refractivity contribution in [3.63, 3.8) is 0 Å². The molecule has 0 bridgehead atoms. The summed E-state index contributed by atoms with van der Waals surface area (Å²) in [5, 5.41) is 0. The predicted octanol–water partition coefficient (Wildman–Crippen LogP) is -2.94. The van der Waals surface area contributed by atoms with Crippen LogP contribution in [-0.2, 0) is 12.5 Å². The fourth-order valence-corrected chi connectivity index (χ4v) is 5.39. The summed E-state index contributed by atoms with van der Waals surface area (Å²) in [6.07, 6.45) is 0. The molecule has 14 heavy (non-hydrogen) atoms. The van der Waals surface area contributed by atoms with Crippen molar-refractivity contribution in [3.8, 4) is 0 Å². The molecule has 0 heterocycles. The summed E-state index contributed by atoms with van der Waals surface area (Å²) >= 11 is 0.355. The van der Waals surface area contributed by atoms with Gasteiger partial charge in [0, 0.05) is 0 Å². The van der Waals surface area contributed by atoms with Crippen LogP contribution in [0.1, 0.15) is 5.56 Å². The Balaban J connectivity index is 0.000000500. The van der Waals surface area contributed by atoms with Crippen LogP contribution in [0.5, 0.6) is 0 Å². The summed E-state index contributed by atoms with van der Waals surface area (Å²) in [6.45, 7) is 0.747. The van der Waals surface area contributed by atoms with Crippen molar-refractivity contribution in [1.29, 1.82) is 0 Å². The second-order valence-electron chi connectivity index (χ2n) is 2.65. The van der Waals surface area contributed by atoms with Crippen LogP contribution in [0.4, 0.5) is 0 Å². The number of rotatable bonds is 4. The summed E-state index contributed by atoms with van der Waals surface area (Å²) in [6, 6.07) is 10.2. The summed E-state index contributed by atoms with van der Waals surface area (Å²) in [4.78, 5) is 0. The zero-order valence-electron chi connectivity index (χ0n) is 9.03. The van der Waals surface area contributed by atoms with E-state index in [1.165, 1.54) is 5.56 Å². The molecule has 0 saturated heterocycles. The molecule has 3 nitrogen and oxygen atoms in total. The van der Waals surface area contributed by atoms with E-state index >= 15 is 0 Å². The quantitative estimate of drug-likeness (QED) is 0.265. The molecule has 1 aromatic rings. The molecule has 80 valence electrons. The van der Waals surface area contributed by atoms with Gasteiger partial charge in [-0.25, -0.2) is 0 Å². The first kappa shape index (κ1) is 16.3. The van der Waals surface area contributed by atoms with Crippen LogP contribution in [0, 0.1) is 0 Å². The normalized spacial score (nSPS) is 10.6. The van der Waals surface area contributed by atoms with Gasteiger partial charge in [-0.3, -0.25) is 0 Å². The molecule has 0 N–H and O–H groups in total. The molecule has 1 rings (SSSR count). The standard InChI is InChI=1S/C7H7O.2O.4Sn.11H/c8-6-7-4-2-1-3-5-7;;;;;;;;;;;;;;;;;/h1-5H,6H2;;;;;;;;;;;;;;;;;/q-1;;;;;;+1;;;;;;;;;;;. The van der Waals surface area contributed by atoms with Gasteiger partial charge < -0.3 is 0 Å². The molecule has 0 unspecified atom stereocenters. The summed E-state index contributed by atoms with van der Waals surface area (Å²) in [7, 11) is 0. The molecule has 0 amide bonds. The summed E-state index contributed by atoms with van der Waals surface area (Å²) in [5.41, 5.74) is 1.25. The average molecular weight is 625 g/mol. The molecule has 1 aromatic carbocycles. The summed E-state index contributed by atoms with van der Waals surface area (Å²) < 4.78 is 15.2. The van der Waals surface area contributed by atoms with E-state index in [9.17, 15) is 0 Å². The molecule has 0 aliphatic heterocycles. The third-order valence-electron chi connectivity index (χ3n) is 1.31. The summed E-state index contributed by atoms with van der Waals surface area (Å²) in [5.74, 6) is 0. The topological polar surface area (TPSA) is 27.7 Å². The molecule has 0 saturated carbocycles. The van der Waals surface area contributed by atoms with Gasteiger partial charge in [-0.1, -0.05) is 0 Å². The van der Waals surface area contributed by atoms with E-state index < -0.39 is 22.0 Å². The number of hydrogen-bond donors (Lipinski definition) is 0. The van der Waals surface area contributed by atoms with Crippen molar-refractivity contribution in [2.45, 2.75) is 6.61 Å². The van der Waals surface area contributed by atoms with Gasteiger partial charge in [-0.2, -0.15) is 0 Å². The third-order valence-corrected chi connectivity index (χ3v) is 7.56. The number of hydrogen-bond acceptors (Lipinski definition) is 3. The van der Waals surface area contributed by atoms with Crippen LogP contribution in [0.15, 0.2) is 30.3 Å². The van der Waals surface area contributed by atoms with E-state index in [-0.39, 0.29) is 0 Å². The zero-order chi connectivity index (χ0) is 10.6. The van der Waals surface area contributed by atoms with Gasteiger partial charge in [-0.15, -0.1) is 0 Å². The first-order valence-electron chi connectivity index (χ1n) is 4.36. The minimum atomic E-state index is -1.18. The Kier molecular flexibility index (Phi) is 15.6. The van der Waals surface area contributed by atoms with Gasteiger partial charge in [0.15, 0.2) is 0 Å². The van der Waals surface area contributed by atoms with Crippen LogP contribution >= 0.6 is 0 Å². The SMILES string of the molecule is [SnH3][O][SnH2][O]Cc1ccccc1.[SnH3][O][SnH3]. The molecule has 0 aromatic heterocycles. The van der Waals surface area contributed by atoms with Crippen LogP contribution in [0.3, 0.4) is 0 Å². The van der Waals surface area contributed by atoms with E-state index in [2.05, 4.69) is 13.5 Å². The minimum absolute atomic E-state index is 0.386. The van der Waals surface area contributed by atoms with Gasteiger partial charge in [-0.05, 0) is 0 Å². The fraction of sp³-hybridized carbons (Fsp3) is 0.143. The third kappa shape index (κ3) is 10.8. The van der Waals surface area contributed by atoms with E-state index in [1.54, 1.807) is 0 Å². The second kappa shape index (κ2) is 13.4. The van der Waals surface area contributed by atoms with Crippen LogP contribution in [-0.4, -0.2) is 90.8 Å². The van der Waals surface area contributed by atoms with Crippen molar-refractivity contribution >= 4 is 90.8 Å². The molecule has 0 atom stereocenters. The Labute approximate surface area is 137 Å². The van der Waals surface area contributed by atoms with Gasteiger partial charge in [0.1, 0.15) is 0 Å². The second-order valence-corrected chi connectivity index (χ2v) is 35.2. The maximum absolute atomic E-state index is 5.41. The van der Waals surface area contributed by atoms with E-state index in [4.69, 9.17) is 4.49 Å². The molecule has 0 aliphatic rings. The van der Waals surface area contributed by atoms with E-state index in [0.717, 1.165) is 6.61 Å². The Morgan fingerprint density at radius 3 is 2.14 bits per heavy atom. The maximum atomic E-state index is 5.41. The van der Waals surface area contributed by atoms with Crippen molar-refractivity contribution in [1.82, 2.24) is 0 Å². The van der Waals surface area contributed by atoms with E-state index in [0.29, 0.717) is 68.8 Å². The Morgan fingerprint density at radius 2 is 1.64 bits per heavy atom. The predicted molar refractivity (Wildman–Crippen MR) is 71.8 cm³/mol. The van der Waals surface area contributed by atoms with Crippen molar-refractivity contribution in [3.05, 3.63) is 35.9 Å². The van der Waals surface area contributed by atoms with E-state index in [1.807, 2.05) is 18.2 Å². The molecular weight excluding hydrogens is 607 g/mol. The Bertz CT molecular complexity index is 209.